The molecule has 7 nitrogen and oxygen atoms in total. The van der Waals surface area contributed by atoms with E-state index in [-0.39, 0.29) is 5.91 Å². The zero-order chi connectivity index (χ0) is 20.1. The first kappa shape index (κ1) is 20.3. The maximum Gasteiger partial charge on any atom is 0.242 e. The molecule has 0 aliphatic carbocycles. The maximum atomic E-state index is 12.7. The van der Waals surface area contributed by atoms with Gasteiger partial charge < -0.3 is 19.3 Å². The third kappa shape index (κ3) is 4.70. The van der Waals surface area contributed by atoms with Crippen LogP contribution in [0, 0.1) is 0 Å². The Bertz CT molecular complexity index is 764. The molecule has 1 aromatic carbocycles. The van der Waals surface area contributed by atoms with E-state index in [0.717, 1.165) is 56.4 Å². The summed E-state index contributed by atoms with van der Waals surface area (Å²) < 4.78 is 2.24. The van der Waals surface area contributed by atoms with Crippen LogP contribution in [0.15, 0.2) is 30.3 Å². The molecule has 0 bridgehead atoms. The van der Waals surface area contributed by atoms with Gasteiger partial charge in [-0.3, -0.25) is 4.79 Å². The molecule has 1 aliphatic rings. The fourth-order valence-electron chi connectivity index (χ4n) is 3.86. The third-order valence-corrected chi connectivity index (χ3v) is 5.41. The molecule has 3 rings (SSSR count). The molecule has 0 radical (unpaired) electrons. The third-order valence-electron chi connectivity index (χ3n) is 5.41. The number of para-hydroxylation sites is 1. The second kappa shape index (κ2) is 9.19. The van der Waals surface area contributed by atoms with Crippen LogP contribution in [0.4, 0.5) is 5.69 Å². The van der Waals surface area contributed by atoms with Crippen molar-refractivity contribution >= 4 is 11.6 Å². The molecule has 0 unspecified atom stereocenters. The minimum Gasteiger partial charge on any atom is -0.365 e. The Morgan fingerprint density at radius 3 is 2.39 bits per heavy atom. The summed E-state index contributed by atoms with van der Waals surface area (Å²) in [6, 6.07) is 10.0. The average Bonchev–Trinajstić information content (AvgIpc) is 3.10. The molecular weight excluding hydrogens is 352 g/mol. The molecule has 0 atom stereocenters. The van der Waals surface area contributed by atoms with Gasteiger partial charge in [-0.25, -0.2) is 0 Å². The van der Waals surface area contributed by atoms with Crippen molar-refractivity contribution in [3.8, 4) is 0 Å². The van der Waals surface area contributed by atoms with Crippen LogP contribution < -0.4 is 4.90 Å². The largest absolute Gasteiger partial charge is 0.365 e. The summed E-state index contributed by atoms with van der Waals surface area (Å²) in [7, 11) is 6.06. The molecule has 0 spiro atoms. The molecule has 1 saturated heterocycles. The molecular formula is C21H32N6O. The van der Waals surface area contributed by atoms with Crippen molar-refractivity contribution in [3.63, 3.8) is 0 Å². The molecule has 2 heterocycles. The lowest BCUT2D eigenvalue weighted by Gasteiger charge is -2.33. The van der Waals surface area contributed by atoms with Gasteiger partial charge in [-0.2, -0.15) is 0 Å². The van der Waals surface area contributed by atoms with Crippen molar-refractivity contribution in [3.05, 3.63) is 42.0 Å². The highest BCUT2D eigenvalue weighted by Crippen LogP contribution is 2.27. The Kier molecular flexibility index (Phi) is 6.67. The monoisotopic (exact) mass is 384 g/mol. The van der Waals surface area contributed by atoms with E-state index in [4.69, 9.17) is 0 Å². The number of piperidine rings is 1. The van der Waals surface area contributed by atoms with E-state index in [1.165, 1.54) is 0 Å². The molecule has 1 aliphatic heterocycles. The topological polar surface area (TPSA) is 57.5 Å². The van der Waals surface area contributed by atoms with Gasteiger partial charge in [-0.1, -0.05) is 18.2 Å². The van der Waals surface area contributed by atoms with Gasteiger partial charge in [0.1, 0.15) is 11.6 Å². The summed E-state index contributed by atoms with van der Waals surface area (Å²) in [5.41, 5.74) is 1.07. The van der Waals surface area contributed by atoms with E-state index >= 15 is 0 Å². The first-order chi connectivity index (χ1) is 13.5. The van der Waals surface area contributed by atoms with Gasteiger partial charge in [0.2, 0.25) is 5.91 Å². The molecule has 28 heavy (non-hydrogen) atoms. The number of carbonyl (C=O) groups excluding carboxylic acids is 1. The number of rotatable bonds is 7. The van der Waals surface area contributed by atoms with Gasteiger partial charge in [0.25, 0.3) is 0 Å². The zero-order valence-corrected chi connectivity index (χ0v) is 17.5. The number of aromatic nitrogens is 3. The predicted molar refractivity (Wildman–Crippen MR) is 111 cm³/mol. The minimum absolute atomic E-state index is 0.190. The molecule has 0 N–H and O–H groups in total. The highest BCUT2D eigenvalue weighted by Gasteiger charge is 2.28. The van der Waals surface area contributed by atoms with Crippen molar-refractivity contribution < 1.29 is 4.79 Å². The van der Waals surface area contributed by atoms with Crippen LogP contribution in [0.25, 0.3) is 0 Å². The quantitative estimate of drug-likeness (QED) is 0.733. The van der Waals surface area contributed by atoms with Crippen molar-refractivity contribution in [1.82, 2.24) is 24.6 Å². The van der Waals surface area contributed by atoms with Gasteiger partial charge in [-0.15, -0.1) is 10.2 Å². The number of hydrogen-bond donors (Lipinski definition) is 0. The van der Waals surface area contributed by atoms with Crippen LogP contribution in [-0.4, -0.2) is 71.2 Å². The molecule has 0 saturated carbocycles. The van der Waals surface area contributed by atoms with E-state index < -0.39 is 0 Å². The van der Waals surface area contributed by atoms with Gasteiger partial charge in [0, 0.05) is 38.3 Å². The second-order valence-electron chi connectivity index (χ2n) is 7.80. The Morgan fingerprint density at radius 1 is 1.11 bits per heavy atom. The number of carbonyl (C=O) groups is 1. The SMILES string of the molecule is CCn1c(CN(C)C)nnc1C1CCN(C(=O)CN(C)c2ccccc2)CC1. The number of likely N-dealkylation sites (N-methyl/N-ethyl adjacent to an activating group) is 1. The first-order valence-corrected chi connectivity index (χ1v) is 10.1. The van der Waals surface area contributed by atoms with Crippen molar-refractivity contribution in [1.29, 1.82) is 0 Å². The second-order valence-corrected chi connectivity index (χ2v) is 7.80. The molecule has 1 aromatic heterocycles. The fourth-order valence-corrected chi connectivity index (χ4v) is 3.86. The fraction of sp³-hybridized carbons (Fsp3) is 0.571. The van der Waals surface area contributed by atoms with Crippen LogP contribution in [0.3, 0.4) is 0 Å². The molecule has 7 heteroatoms. The van der Waals surface area contributed by atoms with Crippen molar-refractivity contribution in [2.24, 2.45) is 0 Å². The summed E-state index contributed by atoms with van der Waals surface area (Å²) in [5, 5.41) is 8.91. The number of nitrogens with zero attached hydrogens (tertiary/aromatic N) is 6. The molecule has 152 valence electrons. The number of hydrogen-bond acceptors (Lipinski definition) is 5. The Balaban J connectivity index is 1.57. The van der Waals surface area contributed by atoms with Crippen LogP contribution in [0.2, 0.25) is 0 Å². The summed E-state index contributed by atoms with van der Waals surface area (Å²) in [6.45, 7) is 5.80. The standard InChI is InChI=1S/C21H32N6O/c1-5-27-19(15-24(2)3)22-23-21(27)17-11-13-26(14-12-17)20(28)16-25(4)18-9-7-6-8-10-18/h6-10,17H,5,11-16H2,1-4H3. The Morgan fingerprint density at radius 2 is 1.79 bits per heavy atom. The predicted octanol–water partition coefficient (Wildman–Crippen LogP) is 2.20. The summed E-state index contributed by atoms with van der Waals surface area (Å²) in [4.78, 5) is 18.8. The summed E-state index contributed by atoms with van der Waals surface area (Å²) in [5.74, 6) is 2.66. The summed E-state index contributed by atoms with van der Waals surface area (Å²) in [6.07, 6.45) is 1.89. The number of likely N-dealkylation sites (tertiary alicyclic amines) is 1. The molecule has 1 fully saturated rings. The van der Waals surface area contributed by atoms with Gasteiger partial charge in [0.15, 0.2) is 0 Å². The van der Waals surface area contributed by atoms with E-state index in [9.17, 15) is 4.79 Å². The molecule has 2 aromatic rings. The Hall–Kier alpha value is -2.41. The maximum absolute atomic E-state index is 12.7. The summed E-state index contributed by atoms with van der Waals surface area (Å²) >= 11 is 0. The van der Waals surface area contributed by atoms with Gasteiger partial charge in [-0.05, 0) is 46.0 Å². The normalized spacial score (nSPS) is 15.2. The number of anilines is 1. The Labute approximate surface area is 167 Å². The first-order valence-electron chi connectivity index (χ1n) is 10.1. The lowest BCUT2D eigenvalue weighted by atomic mass is 9.95. The molecule has 1 amide bonds. The van der Waals surface area contributed by atoms with E-state index in [0.29, 0.717) is 12.5 Å². The number of benzene rings is 1. The van der Waals surface area contributed by atoms with Gasteiger partial charge in [0.05, 0.1) is 13.1 Å². The van der Waals surface area contributed by atoms with Crippen LogP contribution in [0.1, 0.15) is 37.3 Å². The number of amides is 1. The van der Waals surface area contributed by atoms with Crippen LogP contribution in [-0.2, 0) is 17.9 Å². The van der Waals surface area contributed by atoms with E-state index in [1.807, 2.05) is 61.3 Å². The minimum atomic E-state index is 0.190. The lowest BCUT2D eigenvalue weighted by Crippen LogP contribution is -2.43. The van der Waals surface area contributed by atoms with Crippen LogP contribution in [0.5, 0.6) is 0 Å². The lowest BCUT2D eigenvalue weighted by molar-refractivity contribution is -0.130. The van der Waals surface area contributed by atoms with Crippen LogP contribution >= 0.6 is 0 Å². The van der Waals surface area contributed by atoms with Gasteiger partial charge >= 0.3 is 0 Å². The van der Waals surface area contributed by atoms with E-state index in [1.54, 1.807) is 0 Å². The zero-order valence-electron chi connectivity index (χ0n) is 17.5. The van der Waals surface area contributed by atoms with E-state index in [2.05, 4.69) is 26.6 Å². The average molecular weight is 385 g/mol. The highest BCUT2D eigenvalue weighted by molar-refractivity contribution is 5.81. The van der Waals surface area contributed by atoms with Crippen molar-refractivity contribution in [2.45, 2.75) is 38.8 Å². The highest BCUT2D eigenvalue weighted by atomic mass is 16.2. The van der Waals surface area contributed by atoms with Crippen molar-refractivity contribution in [2.75, 3.05) is 45.7 Å². The smallest absolute Gasteiger partial charge is 0.242 e.